The summed E-state index contributed by atoms with van der Waals surface area (Å²) >= 11 is 1.76. The van der Waals surface area contributed by atoms with E-state index in [-0.39, 0.29) is 18.6 Å². The molecule has 0 spiro atoms. The van der Waals surface area contributed by atoms with Crippen LogP contribution in [-0.4, -0.2) is 72.4 Å². The maximum Gasteiger partial charge on any atom is 0.237 e. The third-order valence-electron chi connectivity index (χ3n) is 6.21. The molecule has 1 saturated carbocycles. The van der Waals surface area contributed by atoms with Gasteiger partial charge < -0.3 is 19.5 Å². The summed E-state index contributed by atoms with van der Waals surface area (Å²) in [5.74, 6) is 0.919. The summed E-state index contributed by atoms with van der Waals surface area (Å²) in [4.78, 5) is 18.9. The van der Waals surface area contributed by atoms with Gasteiger partial charge in [0.15, 0.2) is 0 Å². The molecular formula is C26H34N2O4S. The molecule has 2 heterocycles. The van der Waals surface area contributed by atoms with Crippen LogP contribution in [0.1, 0.15) is 34.9 Å². The van der Waals surface area contributed by atoms with E-state index < -0.39 is 6.10 Å². The number of amides is 1. The molecule has 6 nitrogen and oxygen atoms in total. The van der Waals surface area contributed by atoms with Crippen LogP contribution in [0.5, 0.6) is 5.75 Å². The highest BCUT2D eigenvalue weighted by atomic mass is 32.1. The molecule has 1 aromatic heterocycles. The molecule has 0 radical (unpaired) electrons. The Labute approximate surface area is 200 Å². The Kier molecular flexibility index (Phi) is 8.20. The highest BCUT2D eigenvalue weighted by Gasteiger charge is 2.36. The molecule has 1 amide bonds. The molecular weight excluding hydrogens is 436 g/mol. The van der Waals surface area contributed by atoms with Crippen molar-refractivity contribution in [1.82, 2.24) is 9.80 Å². The van der Waals surface area contributed by atoms with Crippen molar-refractivity contribution in [2.24, 2.45) is 0 Å². The first-order chi connectivity index (χ1) is 16.0. The maximum absolute atomic E-state index is 13.5. The molecule has 1 aromatic carbocycles. The average Bonchev–Trinajstić information content (AvgIpc) is 3.54. The lowest BCUT2D eigenvalue weighted by Crippen LogP contribution is -2.48. The van der Waals surface area contributed by atoms with Crippen LogP contribution in [0.25, 0.3) is 0 Å². The van der Waals surface area contributed by atoms with Gasteiger partial charge in [-0.15, -0.1) is 17.9 Å². The lowest BCUT2D eigenvalue weighted by molar-refractivity contribution is -0.136. The fraction of sp³-hybridized carbons (Fsp3) is 0.500. The first-order valence-corrected chi connectivity index (χ1v) is 12.6. The SMILES string of the molecule is C=CCOC[C@H](O)CN(CC(=O)N1CCc2sccc2[C@H]1COc1cccc(C)c1)C1CC1. The summed E-state index contributed by atoms with van der Waals surface area (Å²) in [6, 6.07) is 10.4. The van der Waals surface area contributed by atoms with E-state index in [2.05, 4.69) is 22.9 Å². The second kappa shape index (κ2) is 11.3. The van der Waals surface area contributed by atoms with E-state index in [1.807, 2.05) is 36.1 Å². The van der Waals surface area contributed by atoms with Crippen molar-refractivity contribution in [3.05, 3.63) is 64.4 Å². The number of fused-ring (bicyclic) bond motifs is 1. The van der Waals surface area contributed by atoms with Crippen molar-refractivity contribution in [1.29, 1.82) is 0 Å². The Bertz CT molecular complexity index is 942. The summed E-state index contributed by atoms with van der Waals surface area (Å²) in [6.07, 6.45) is 4.07. The highest BCUT2D eigenvalue weighted by Crippen LogP contribution is 2.35. The van der Waals surface area contributed by atoms with E-state index in [1.54, 1.807) is 17.4 Å². The molecule has 2 atom stereocenters. The van der Waals surface area contributed by atoms with Crippen molar-refractivity contribution < 1.29 is 19.4 Å². The molecule has 4 rings (SSSR count). The van der Waals surface area contributed by atoms with Gasteiger partial charge in [-0.1, -0.05) is 18.2 Å². The lowest BCUT2D eigenvalue weighted by Gasteiger charge is -2.37. The fourth-order valence-corrected chi connectivity index (χ4v) is 5.34. The van der Waals surface area contributed by atoms with Crippen LogP contribution < -0.4 is 4.74 Å². The van der Waals surface area contributed by atoms with Gasteiger partial charge in [0.05, 0.1) is 31.9 Å². The molecule has 33 heavy (non-hydrogen) atoms. The molecule has 0 bridgehead atoms. The highest BCUT2D eigenvalue weighted by molar-refractivity contribution is 7.10. The van der Waals surface area contributed by atoms with Crippen molar-refractivity contribution in [2.45, 2.75) is 44.4 Å². The van der Waals surface area contributed by atoms with Gasteiger partial charge in [0.25, 0.3) is 0 Å². The summed E-state index contributed by atoms with van der Waals surface area (Å²) < 4.78 is 11.5. The standard InChI is InChI=1S/C26H34N2O4S/c1-3-12-31-17-21(29)15-27(20-7-8-20)16-26(30)28-11-9-25-23(10-13-33-25)24(28)18-32-22-6-4-5-19(2)14-22/h3-6,10,13-14,20-21,24,29H,1,7-9,11-12,15-18H2,2H3/t21-,24-/m1/s1. The van der Waals surface area contributed by atoms with E-state index in [0.717, 1.165) is 30.6 Å². The largest absolute Gasteiger partial charge is 0.491 e. The van der Waals surface area contributed by atoms with Crippen LogP contribution >= 0.6 is 11.3 Å². The third kappa shape index (κ3) is 6.44. The molecule has 0 saturated heterocycles. The molecule has 1 fully saturated rings. The summed E-state index contributed by atoms with van der Waals surface area (Å²) in [5, 5.41) is 12.5. The molecule has 1 N–H and O–H groups in total. The number of carbonyl (C=O) groups excluding carboxylic acids is 1. The molecule has 1 aliphatic heterocycles. The van der Waals surface area contributed by atoms with Gasteiger partial charge in [-0.3, -0.25) is 9.69 Å². The van der Waals surface area contributed by atoms with Crippen LogP contribution in [0, 0.1) is 6.92 Å². The number of rotatable bonds is 12. The minimum atomic E-state index is -0.622. The number of hydrogen-bond acceptors (Lipinski definition) is 6. The second-order valence-corrected chi connectivity index (χ2v) is 9.92. The Morgan fingerprint density at radius 1 is 1.39 bits per heavy atom. The number of aliphatic hydroxyl groups is 1. The molecule has 2 aromatic rings. The van der Waals surface area contributed by atoms with Crippen LogP contribution in [0.3, 0.4) is 0 Å². The lowest BCUT2D eigenvalue weighted by atomic mass is 10.0. The Balaban J connectivity index is 1.42. The van der Waals surface area contributed by atoms with Crippen LogP contribution in [0.4, 0.5) is 0 Å². The number of aliphatic hydroxyl groups excluding tert-OH is 1. The summed E-state index contributed by atoms with van der Waals surface area (Å²) in [7, 11) is 0. The van der Waals surface area contributed by atoms with Gasteiger partial charge in [-0.25, -0.2) is 0 Å². The first kappa shape index (κ1) is 24.0. The zero-order valence-corrected chi connectivity index (χ0v) is 20.1. The Morgan fingerprint density at radius 3 is 3.00 bits per heavy atom. The zero-order chi connectivity index (χ0) is 23.2. The predicted octanol–water partition coefficient (Wildman–Crippen LogP) is 3.59. The normalized spacial score (nSPS) is 18.8. The Hall–Kier alpha value is -2.19. The van der Waals surface area contributed by atoms with Crippen molar-refractivity contribution >= 4 is 17.2 Å². The van der Waals surface area contributed by atoms with Crippen LogP contribution in [0.15, 0.2) is 48.4 Å². The molecule has 0 unspecified atom stereocenters. The monoisotopic (exact) mass is 470 g/mol. The van der Waals surface area contributed by atoms with Gasteiger partial charge >= 0.3 is 0 Å². The minimum absolute atomic E-state index is 0.0933. The van der Waals surface area contributed by atoms with Crippen molar-refractivity contribution in [3.8, 4) is 5.75 Å². The van der Waals surface area contributed by atoms with Crippen molar-refractivity contribution in [2.75, 3.05) is 39.5 Å². The number of benzene rings is 1. The molecule has 2 aliphatic rings. The topological polar surface area (TPSA) is 62.2 Å². The van der Waals surface area contributed by atoms with Crippen molar-refractivity contribution in [3.63, 3.8) is 0 Å². The molecule has 7 heteroatoms. The zero-order valence-electron chi connectivity index (χ0n) is 19.3. The smallest absolute Gasteiger partial charge is 0.237 e. The van der Waals surface area contributed by atoms with E-state index in [4.69, 9.17) is 9.47 Å². The number of thiophene rings is 1. The van der Waals surface area contributed by atoms with E-state index in [9.17, 15) is 9.90 Å². The molecule has 1 aliphatic carbocycles. The maximum atomic E-state index is 13.5. The third-order valence-corrected chi connectivity index (χ3v) is 7.20. The van der Waals surface area contributed by atoms with E-state index in [0.29, 0.717) is 38.9 Å². The molecule has 178 valence electrons. The fourth-order valence-electron chi connectivity index (χ4n) is 4.41. The van der Waals surface area contributed by atoms with Gasteiger partial charge in [0.2, 0.25) is 5.91 Å². The predicted molar refractivity (Wildman–Crippen MR) is 131 cm³/mol. The van der Waals surface area contributed by atoms with Gasteiger partial charge in [-0.05, 0) is 60.9 Å². The summed E-state index contributed by atoms with van der Waals surface area (Å²) in [5.41, 5.74) is 2.35. The first-order valence-electron chi connectivity index (χ1n) is 11.7. The number of nitrogens with zero attached hydrogens (tertiary/aromatic N) is 2. The number of ether oxygens (including phenoxy) is 2. The van der Waals surface area contributed by atoms with Crippen LogP contribution in [-0.2, 0) is 16.0 Å². The number of hydrogen-bond donors (Lipinski definition) is 1. The number of carbonyl (C=O) groups is 1. The number of aryl methyl sites for hydroxylation is 1. The second-order valence-electron chi connectivity index (χ2n) is 8.92. The van der Waals surface area contributed by atoms with E-state index >= 15 is 0 Å². The van der Waals surface area contributed by atoms with Gasteiger partial charge in [-0.2, -0.15) is 0 Å². The minimum Gasteiger partial charge on any atom is -0.491 e. The summed E-state index contributed by atoms with van der Waals surface area (Å²) in [6.45, 7) is 8.21. The van der Waals surface area contributed by atoms with E-state index in [1.165, 1.54) is 10.4 Å². The Morgan fingerprint density at radius 2 is 2.24 bits per heavy atom. The van der Waals surface area contributed by atoms with Crippen LogP contribution in [0.2, 0.25) is 0 Å². The van der Waals surface area contributed by atoms with Gasteiger partial charge in [0.1, 0.15) is 12.4 Å². The van der Waals surface area contributed by atoms with Gasteiger partial charge in [0, 0.05) is 24.0 Å². The average molecular weight is 471 g/mol. The quantitative estimate of drug-likeness (QED) is 0.379.